The molecule has 0 N–H and O–H groups in total. The van der Waals surface area contributed by atoms with Gasteiger partial charge >= 0.3 is 0 Å². The summed E-state index contributed by atoms with van der Waals surface area (Å²) in [4.78, 5) is 0. The van der Waals surface area contributed by atoms with Crippen molar-refractivity contribution in [3.63, 3.8) is 0 Å². The van der Waals surface area contributed by atoms with Gasteiger partial charge in [-0.25, -0.2) is 0 Å². The molecule has 0 saturated carbocycles. The van der Waals surface area contributed by atoms with Crippen LogP contribution in [0.1, 0.15) is 72.3 Å². The van der Waals surface area contributed by atoms with Gasteiger partial charge in [0.05, 0.1) is 16.6 Å². The molecule has 0 unspecified atom stereocenters. The summed E-state index contributed by atoms with van der Waals surface area (Å²) < 4.78 is 7.68. The van der Waals surface area contributed by atoms with Gasteiger partial charge in [0.1, 0.15) is 0 Å². The molecule has 3 aliphatic rings. The maximum Gasteiger partial charge on any atom is 0.0534 e. The minimum atomic E-state index is 1.12. The second kappa shape index (κ2) is 13.3. The van der Waals surface area contributed by atoms with Crippen molar-refractivity contribution in [2.45, 2.75) is 77.0 Å². The van der Waals surface area contributed by atoms with Gasteiger partial charge in [0.15, 0.2) is 0 Å². The molecular weight excluding hydrogens is 691 g/mol. The van der Waals surface area contributed by atoms with Crippen LogP contribution in [0.3, 0.4) is 0 Å². The molecule has 3 aromatic heterocycles. The Balaban J connectivity index is 1.00. The zero-order valence-corrected chi connectivity index (χ0v) is 32.6. The Bertz CT molecular complexity index is 2850. The lowest BCUT2D eigenvalue weighted by atomic mass is 9.95. The van der Waals surface area contributed by atoms with Crippen molar-refractivity contribution in [2.24, 2.45) is 0 Å². The van der Waals surface area contributed by atoms with E-state index in [0.29, 0.717) is 0 Å². The van der Waals surface area contributed by atoms with E-state index in [1.54, 1.807) is 16.7 Å². The van der Waals surface area contributed by atoms with E-state index in [4.69, 9.17) is 0 Å². The molecule has 0 aliphatic heterocycles. The Labute approximate surface area is 334 Å². The average molecular weight is 738 g/mol. The standard InChI is InChI=1S/C54H47N3/c1-7-19-49-43(13-1)44-14-2-8-20-50(44)55(49)40-29-25-36(26-30-40)38-33-39(35-42(34-38)57-53-23-11-5-17-47(53)48-18-6-12-24-54(48)57)37-27-31-41(32-28-37)56-51-21-9-3-15-45(51)46-16-4-10-22-52(46)56/h1,3,5,7,9,11,13,15,17,19,21,23,25-35H,2,4,6,8,10,12,14,16,18,20,22,24H2. The first-order valence-electron chi connectivity index (χ1n) is 21.5. The maximum absolute atomic E-state index is 2.59. The summed E-state index contributed by atoms with van der Waals surface area (Å²) in [6.07, 6.45) is 14.5. The minimum Gasteiger partial charge on any atom is -0.313 e. The van der Waals surface area contributed by atoms with Crippen LogP contribution in [0.2, 0.25) is 0 Å². The third-order valence-corrected chi connectivity index (χ3v) is 13.6. The number of fused-ring (bicyclic) bond motifs is 9. The highest BCUT2D eigenvalue weighted by molar-refractivity contribution is 5.91. The van der Waals surface area contributed by atoms with Crippen LogP contribution in [0, 0.1) is 0 Å². The predicted octanol–water partition coefficient (Wildman–Crippen LogP) is 13.5. The summed E-state index contributed by atoms with van der Waals surface area (Å²) >= 11 is 0. The predicted molar refractivity (Wildman–Crippen MR) is 238 cm³/mol. The van der Waals surface area contributed by atoms with Gasteiger partial charge in [0.2, 0.25) is 0 Å². The first-order chi connectivity index (χ1) is 28.3. The maximum atomic E-state index is 2.59. The number of para-hydroxylation sites is 3. The number of hydrogen-bond donors (Lipinski definition) is 0. The topological polar surface area (TPSA) is 14.8 Å². The number of aryl methyl sites for hydroxylation is 3. The summed E-state index contributed by atoms with van der Waals surface area (Å²) in [7, 11) is 0. The molecule has 0 spiro atoms. The lowest BCUT2D eigenvalue weighted by molar-refractivity contribution is 0.667. The molecule has 278 valence electrons. The SMILES string of the molecule is c1ccc2c(c1)c1c(n2-c2ccc(-c3cc(-c4ccc(-n5c6c(c7ccccc75)CCCC6)cc4)cc(-n4c5c(c6ccccc64)CCCC5)c3)cc2)CCCC1. The zero-order valence-electron chi connectivity index (χ0n) is 32.6. The number of benzene rings is 6. The van der Waals surface area contributed by atoms with Crippen LogP contribution in [0.5, 0.6) is 0 Å². The molecule has 0 fully saturated rings. The van der Waals surface area contributed by atoms with Crippen molar-refractivity contribution in [3.05, 3.63) is 173 Å². The smallest absolute Gasteiger partial charge is 0.0534 e. The minimum absolute atomic E-state index is 1.12. The van der Waals surface area contributed by atoms with Gasteiger partial charge in [-0.1, -0.05) is 78.9 Å². The molecule has 9 aromatic rings. The monoisotopic (exact) mass is 737 g/mol. The van der Waals surface area contributed by atoms with Crippen LogP contribution in [0.15, 0.2) is 140 Å². The third-order valence-electron chi connectivity index (χ3n) is 13.6. The van der Waals surface area contributed by atoms with E-state index in [2.05, 4.69) is 153 Å². The molecule has 0 atom stereocenters. The van der Waals surface area contributed by atoms with E-state index in [-0.39, 0.29) is 0 Å². The lowest BCUT2D eigenvalue weighted by Gasteiger charge is -2.19. The van der Waals surface area contributed by atoms with Gasteiger partial charge in [-0.2, -0.15) is 0 Å². The number of hydrogen-bond acceptors (Lipinski definition) is 0. The fourth-order valence-electron chi connectivity index (χ4n) is 11.1. The van der Waals surface area contributed by atoms with E-state index >= 15 is 0 Å². The van der Waals surface area contributed by atoms with Crippen LogP contribution in [0.4, 0.5) is 0 Å². The van der Waals surface area contributed by atoms with Crippen molar-refractivity contribution in [1.29, 1.82) is 0 Å². The average Bonchev–Trinajstić information content (AvgIpc) is 3.92. The van der Waals surface area contributed by atoms with E-state index in [1.807, 2.05) is 0 Å². The van der Waals surface area contributed by atoms with Gasteiger partial charge in [-0.05, 0) is 177 Å². The molecule has 0 amide bonds. The van der Waals surface area contributed by atoms with Gasteiger partial charge in [-0.3, -0.25) is 0 Å². The molecule has 6 aromatic carbocycles. The fourth-order valence-corrected chi connectivity index (χ4v) is 11.1. The summed E-state index contributed by atoms with van der Waals surface area (Å²) in [5.41, 5.74) is 21.9. The molecule has 3 aliphatic carbocycles. The molecule has 0 radical (unpaired) electrons. The molecule has 57 heavy (non-hydrogen) atoms. The van der Waals surface area contributed by atoms with Crippen molar-refractivity contribution in [1.82, 2.24) is 13.7 Å². The highest BCUT2D eigenvalue weighted by Gasteiger charge is 2.24. The van der Waals surface area contributed by atoms with E-state index in [1.165, 1.54) is 140 Å². The lowest BCUT2D eigenvalue weighted by Crippen LogP contribution is -2.07. The quantitative estimate of drug-likeness (QED) is 0.167. The largest absolute Gasteiger partial charge is 0.313 e. The Morgan fingerprint density at radius 2 is 0.614 bits per heavy atom. The van der Waals surface area contributed by atoms with E-state index in [0.717, 1.165) is 25.7 Å². The Kier molecular flexibility index (Phi) is 7.71. The van der Waals surface area contributed by atoms with Crippen LogP contribution in [0.25, 0.3) is 72.0 Å². The van der Waals surface area contributed by atoms with Crippen molar-refractivity contribution in [3.8, 4) is 39.3 Å². The number of nitrogens with zero attached hydrogens (tertiary/aromatic N) is 3. The third kappa shape index (κ3) is 5.24. The fraction of sp³-hybridized carbons (Fsp3) is 0.222. The second-order valence-corrected chi connectivity index (χ2v) is 16.8. The Morgan fingerprint density at radius 1 is 0.281 bits per heavy atom. The van der Waals surface area contributed by atoms with E-state index < -0.39 is 0 Å². The molecular formula is C54H47N3. The molecule has 3 nitrogen and oxygen atoms in total. The summed E-state index contributed by atoms with van der Waals surface area (Å²) in [5.74, 6) is 0. The van der Waals surface area contributed by atoms with Gasteiger partial charge in [0.25, 0.3) is 0 Å². The normalized spacial score (nSPS) is 15.2. The van der Waals surface area contributed by atoms with Gasteiger partial charge < -0.3 is 13.7 Å². The Hall–Kier alpha value is -6.06. The van der Waals surface area contributed by atoms with Crippen LogP contribution in [-0.4, -0.2) is 13.7 Å². The molecule has 3 heteroatoms. The van der Waals surface area contributed by atoms with Crippen molar-refractivity contribution < 1.29 is 0 Å². The van der Waals surface area contributed by atoms with Crippen LogP contribution in [-0.2, 0) is 38.5 Å². The second-order valence-electron chi connectivity index (χ2n) is 16.8. The summed E-state index contributed by atoms with van der Waals surface area (Å²) in [6.45, 7) is 0. The highest BCUT2D eigenvalue weighted by Crippen LogP contribution is 2.40. The molecule has 3 heterocycles. The first-order valence-corrected chi connectivity index (χ1v) is 21.5. The van der Waals surface area contributed by atoms with Crippen molar-refractivity contribution >= 4 is 32.7 Å². The first kappa shape index (κ1) is 33.1. The summed E-state index contributed by atoms with van der Waals surface area (Å²) in [6, 6.07) is 53.3. The number of rotatable bonds is 5. The Morgan fingerprint density at radius 3 is 1.00 bits per heavy atom. The zero-order chi connectivity index (χ0) is 37.5. The van der Waals surface area contributed by atoms with E-state index in [9.17, 15) is 0 Å². The number of aromatic nitrogens is 3. The molecule has 0 saturated heterocycles. The summed E-state index contributed by atoms with van der Waals surface area (Å²) in [5, 5.41) is 4.26. The van der Waals surface area contributed by atoms with Crippen LogP contribution < -0.4 is 0 Å². The highest BCUT2D eigenvalue weighted by atomic mass is 15.0. The molecule has 0 bridgehead atoms. The van der Waals surface area contributed by atoms with Crippen LogP contribution >= 0.6 is 0 Å². The van der Waals surface area contributed by atoms with Gasteiger partial charge in [-0.15, -0.1) is 0 Å². The molecule has 12 rings (SSSR count). The van der Waals surface area contributed by atoms with Gasteiger partial charge in [0, 0.05) is 50.3 Å². The van der Waals surface area contributed by atoms with Crippen molar-refractivity contribution in [2.75, 3.05) is 0 Å².